The second-order valence-electron chi connectivity index (χ2n) is 3.01. The number of hydrogen-bond donors (Lipinski definition) is 1. The van der Waals surface area contributed by atoms with Crippen LogP contribution in [0.25, 0.3) is 0 Å². The Morgan fingerprint density at radius 3 is 2.73 bits per heavy atom. The van der Waals surface area contributed by atoms with E-state index in [9.17, 15) is 9.90 Å². The highest BCUT2D eigenvalue weighted by Crippen LogP contribution is 2.24. The van der Waals surface area contributed by atoms with Crippen LogP contribution in [-0.4, -0.2) is 24.8 Å². The van der Waals surface area contributed by atoms with E-state index >= 15 is 0 Å². The first kappa shape index (κ1) is 11.5. The fourth-order valence-corrected chi connectivity index (χ4v) is 1.15. The number of carbonyl (C=O) groups excluding carboxylic acids is 1. The molecule has 4 heteroatoms. The molecule has 1 N–H and O–H groups in total. The summed E-state index contributed by atoms with van der Waals surface area (Å²) in [4.78, 5) is 11.3. The molecule has 0 amide bonds. The lowest BCUT2D eigenvalue weighted by Gasteiger charge is -2.07. The lowest BCUT2D eigenvalue weighted by atomic mass is 10.1. The molecule has 0 aromatic heterocycles. The summed E-state index contributed by atoms with van der Waals surface area (Å²) in [6.45, 7) is 1.86. The highest BCUT2D eigenvalue weighted by atomic mass is 16.7. The van der Waals surface area contributed by atoms with E-state index in [2.05, 4.69) is 0 Å². The standard InChI is InChI=1S/C11H14O4/c1-3-10(12)9-5-4-8(6-11(9)13)15-7-14-2/h4-6,13H,3,7H2,1-2H3. The molecule has 15 heavy (non-hydrogen) atoms. The van der Waals surface area contributed by atoms with E-state index in [1.54, 1.807) is 19.1 Å². The number of benzene rings is 1. The van der Waals surface area contributed by atoms with Gasteiger partial charge in [0.1, 0.15) is 11.5 Å². The summed E-state index contributed by atoms with van der Waals surface area (Å²) in [5, 5.41) is 9.55. The van der Waals surface area contributed by atoms with E-state index in [4.69, 9.17) is 9.47 Å². The number of ether oxygens (including phenoxy) is 2. The van der Waals surface area contributed by atoms with Crippen molar-refractivity contribution in [1.82, 2.24) is 0 Å². The van der Waals surface area contributed by atoms with E-state index in [0.717, 1.165) is 0 Å². The van der Waals surface area contributed by atoms with Crippen molar-refractivity contribution < 1.29 is 19.4 Å². The Labute approximate surface area is 88.4 Å². The highest BCUT2D eigenvalue weighted by molar-refractivity contribution is 5.98. The van der Waals surface area contributed by atoms with Gasteiger partial charge >= 0.3 is 0 Å². The predicted octanol–water partition coefficient (Wildman–Crippen LogP) is 1.97. The summed E-state index contributed by atoms with van der Waals surface area (Å²) < 4.78 is 9.82. The summed E-state index contributed by atoms with van der Waals surface area (Å²) in [5.74, 6) is 0.322. The van der Waals surface area contributed by atoms with Crippen LogP contribution in [0.3, 0.4) is 0 Å². The summed E-state index contributed by atoms with van der Waals surface area (Å²) in [7, 11) is 1.51. The Balaban J connectivity index is 2.83. The number of hydrogen-bond acceptors (Lipinski definition) is 4. The smallest absolute Gasteiger partial charge is 0.188 e. The van der Waals surface area contributed by atoms with Gasteiger partial charge in [0.15, 0.2) is 12.6 Å². The van der Waals surface area contributed by atoms with Gasteiger partial charge in [0, 0.05) is 19.6 Å². The topological polar surface area (TPSA) is 55.8 Å². The molecular weight excluding hydrogens is 196 g/mol. The summed E-state index contributed by atoms with van der Waals surface area (Å²) >= 11 is 0. The second-order valence-corrected chi connectivity index (χ2v) is 3.01. The summed E-state index contributed by atoms with van der Waals surface area (Å²) in [6.07, 6.45) is 0.367. The molecule has 0 spiro atoms. The fourth-order valence-electron chi connectivity index (χ4n) is 1.15. The van der Waals surface area contributed by atoms with Crippen molar-refractivity contribution in [3.63, 3.8) is 0 Å². The van der Waals surface area contributed by atoms with Gasteiger partial charge in [0.2, 0.25) is 0 Å². The van der Waals surface area contributed by atoms with E-state index in [1.807, 2.05) is 0 Å². The molecule has 0 fully saturated rings. The van der Waals surface area contributed by atoms with Crippen LogP contribution in [0, 0.1) is 0 Å². The molecule has 1 aromatic rings. The van der Waals surface area contributed by atoms with Crippen molar-refractivity contribution in [2.24, 2.45) is 0 Å². The lowest BCUT2D eigenvalue weighted by molar-refractivity contribution is 0.0510. The molecule has 0 saturated carbocycles. The quantitative estimate of drug-likeness (QED) is 0.596. The van der Waals surface area contributed by atoms with Crippen LogP contribution in [0.4, 0.5) is 0 Å². The monoisotopic (exact) mass is 210 g/mol. The molecule has 0 unspecified atom stereocenters. The third-order valence-corrected chi connectivity index (χ3v) is 1.93. The zero-order chi connectivity index (χ0) is 11.3. The molecule has 0 aliphatic rings. The average Bonchev–Trinajstić information content (AvgIpc) is 2.25. The Morgan fingerprint density at radius 1 is 1.47 bits per heavy atom. The van der Waals surface area contributed by atoms with Crippen LogP contribution in [0.2, 0.25) is 0 Å². The largest absolute Gasteiger partial charge is 0.507 e. The molecule has 0 aliphatic carbocycles. The van der Waals surface area contributed by atoms with E-state index in [0.29, 0.717) is 17.7 Å². The first-order valence-electron chi connectivity index (χ1n) is 4.67. The maximum atomic E-state index is 11.3. The van der Waals surface area contributed by atoms with Crippen molar-refractivity contribution in [3.8, 4) is 11.5 Å². The molecule has 0 heterocycles. The molecule has 0 radical (unpaired) electrons. The van der Waals surface area contributed by atoms with Gasteiger partial charge in [-0.1, -0.05) is 6.92 Å². The second kappa shape index (κ2) is 5.36. The highest BCUT2D eigenvalue weighted by Gasteiger charge is 2.09. The number of aromatic hydroxyl groups is 1. The van der Waals surface area contributed by atoms with Gasteiger partial charge in [-0.05, 0) is 12.1 Å². The molecule has 82 valence electrons. The van der Waals surface area contributed by atoms with E-state index in [-0.39, 0.29) is 18.3 Å². The van der Waals surface area contributed by atoms with Crippen LogP contribution in [0.15, 0.2) is 18.2 Å². The van der Waals surface area contributed by atoms with Crippen LogP contribution >= 0.6 is 0 Å². The number of methoxy groups -OCH3 is 1. The Hall–Kier alpha value is -1.55. The normalized spacial score (nSPS) is 10.0. The van der Waals surface area contributed by atoms with Crippen LogP contribution in [0.5, 0.6) is 11.5 Å². The van der Waals surface area contributed by atoms with Gasteiger partial charge in [-0.15, -0.1) is 0 Å². The van der Waals surface area contributed by atoms with Crippen LogP contribution in [0.1, 0.15) is 23.7 Å². The zero-order valence-corrected chi connectivity index (χ0v) is 8.82. The first-order valence-corrected chi connectivity index (χ1v) is 4.67. The maximum Gasteiger partial charge on any atom is 0.188 e. The van der Waals surface area contributed by atoms with Gasteiger partial charge in [0.05, 0.1) is 5.56 Å². The number of ketones is 1. The minimum atomic E-state index is -0.0919. The Bertz CT molecular complexity index is 346. The molecule has 0 saturated heterocycles. The molecular formula is C11H14O4. The van der Waals surface area contributed by atoms with Crippen molar-refractivity contribution in [1.29, 1.82) is 0 Å². The lowest BCUT2D eigenvalue weighted by Crippen LogP contribution is -2.00. The van der Waals surface area contributed by atoms with Crippen molar-refractivity contribution in [3.05, 3.63) is 23.8 Å². The van der Waals surface area contributed by atoms with Crippen LogP contribution in [-0.2, 0) is 4.74 Å². The number of Topliss-reactive ketones (excluding diaryl/α,β-unsaturated/α-hetero) is 1. The molecule has 1 rings (SSSR count). The Kier molecular flexibility index (Phi) is 4.12. The molecule has 1 aromatic carbocycles. The van der Waals surface area contributed by atoms with E-state index < -0.39 is 0 Å². The third-order valence-electron chi connectivity index (χ3n) is 1.93. The van der Waals surface area contributed by atoms with Crippen LogP contribution < -0.4 is 4.74 Å². The SMILES string of the molecule is CCC(=O)c1ccc(OCOC)cc1O. The third kappa shape index (κ3) is 2.95. The van der Waals surface area contributed by atoms with Gasteiger partial charge < -0.3 is 14.6 Å². The summed E-state index contributed by atoms with van der Waals surface area (Å²) in [5.41, 5.74) is 0.322. The number of rotatable bonds is 5. The molecule has 0 bridgehead atoms. The molecule has 0 atom stereocenters. The van der Waals surface area contributed by atoms with Crippen molar-refractivity contribution in [2.75, 3.05) is 13.9 Å². The van der Waals surface area contributed by atoms with Gasteiger partial charge in [-0.25, -0.2) is 0 Å². The summed E-state index contributed by atoms with van der Waals surface area (Å²) in [6, 6.07) is 4.58. The minimum absolute atomic E-state index is 0.0598. The number of phenols is 1. The first-order chi connectivity index (χ1) is 7.19. The molecule has 4 nitrogen and oxygen atoms in total. The number of carbonyl (C=O) groups is 1. The van der Waals surface area contributed by atoms with E-state index in [1.165, 1.54) is 13.2 Å². The Morgan fingerprint density at radius 2 is 2.20 bits per heavy atom. The van der Waals surface area contributed by atoms with Crippen molar-refractivity contribution in [2.45, 2.75) is 13.3 Å². The zero-order valence-electron chi connectivity index (χ0n) is 8.82. The molecule has 0 aliphatic heterocycles. The van der Waals surface area contributed by atoms with Gasteiger partial charge in [-0.2, -0.15) is 0 Å². The van der Waals surface area contributed by atoms with Crippen molar-refractivity contribution >= 4 is 5.78 Å². The maximum absolute atomic E-state index is 11.3. The predicted molar refractivity (Wildman–Crippen MR) is 55.2 cm³/mol. The minimum Gasteiger partial charge on any atom is -0.507 e. The number of phenolic OH excluding ortho intramolecular Hbond substituents is 1. The van der Waals surface area contributed by atoms with Gasteiger partial charge in [0.25, 0.3) is 0 Å². The fraction of sp³-hybridized carbons (Fsp3) is 0.364. The van der Waals surface area contributed by atoms with Gasteiger partial charge in [-0.3, -0.25) is 4.79 Å². The average molecular weight is 210 g/mol.